The number of dihydropyridines is 1. The van der Waals surface area contributed by atoms with E-state index < -0.39 is 0 Å². The normalized spacial score (nSPS) is 22.5. The first-order valence-corrected chi connectivity index (χ1v) is 4.69. The number of hydrogen-bond acceptors (Lipinski definition) is 1. The Labute approximate surface area is 73.9 Å². The van der Waals surface area contributed by atoms with Gasteiger partial charge in [-0.3, -0.25) is 0 Å². The van der Waals surface area contributed by atoms with Gasteiger partial charge in [-0.05, 0) is 44.0 Å². The van der Waals surface area contributed by atoms with Crippen LogP contribution in [0.1, 0.15) is 25.7 Å². The summed E-state index contributed by atoms with van der Waals surface area (Å²) in [6.45, 7) is 0. The van der Waals surface area contributed by atoms with Crippen molar-refractivity contribution in [2.75, 3.05) is 0 Å². The van der Waals surface area contributed by atoms with Gasteiger partial charge in [-0.2, -0.15) is 0 Å². The molecule has 0 aromatic carbocycles. The number of nitrogens with one attached hydrogen (secondary N) is 1. The van der Waals surface area contributed by atoms with Gasteiger partial charge in [0.2, 0.25) is 0 Å². The van der Waals surface area contributed by atoms with Crippen LogP contribution in [0, 0.1) is 5.92 Å². The van der Waals surface area contributed by atoms with Gasteiger partial charge in [0.1, 0.15) is 0 Å². The molecule has 0 spiro atoms. The molecule has 1 N–H and O–H groups in total. The van der Waals surface area contributed by atoms with Crippen molar-refractivity contribution in [2.45, 2.75) is 25.7 Å². The predicted molar refractivity (Wildman–Crippen MR) is 51.5 cm³/mol. The standard InChI is InChI=1S/C11H15N/c1-2-5-10(4-1)8-11-6-3-7-12-9-11/h1-3,7,9-10,12H,4-6,8H2. The van der Waals surface area contributed by atoms with Crippen molar-refractivity contribution in [3.63, 3.8) is 0 Å². The Bertz CT molecular complexity index is 227. The largest absolute Gasteiger partial charge is 0.368 e. The van der Waals surface area contributed by atoms with Gasteiger partial charge in [0.15, 0.2) is 0 Å². The quantitative estimate of drug-likeness (QED) is 0.614. The van der Waals surface area contributed by atoms with Crippen molar-refractivity contribution in [1.82, 2.24) is 5.32 Å². The van der Waals surface area contributed by atoms with Gasteiger partial charge in [0.25, 0.3) is 0 Å². The minimum absolute atomic E-state index is 0.879. The zero-order valence-corrected chi connectivity index (χ0v) is 7.29. The highest BCUT2D eigenvalue weighted by atomic mass is 14.8. The fraction of sp³-hybridized carbons (Fsp3) is 0.455. The maximum absolute atomic E-state index is 3.15. The van der Waals surface area contributed by atoms with E-state index in [-0.39, 0.29) is 0 Å². The van der Waals surface area contributed by atoms with Crippen LogP contribution in [0.25, 0.3) is 0 Å². The molecule has 1 aliphatic heterocycles. The van der Waals surface area contributed by atoms with E-state index in [4.69, 9.17) is 0 Å². The summed E-state index contributed by atoms with van der Waals surface area (Å²) in [6, 6.07) is 0. The third-order valence-electron chi connectivity index (χ3n) is 2.54. The van der Waals surface area contributed by atoms with Crippen LogP contribution in [0.4, 0.5) is 0 Å². The lowest BCUT2D eigenvalue weighted by Crippen LogP contribution is -2.04. The lowest BCUT2D eigenvalue weighted by atomic mass is 9.95. The van der Waals surface area contributed by atoms with E-state index in [1.165, 1.54) is 19.3 Å². The van der Waals surface area contributed by atoms with Gasteiger partial charge in [0, 0.05) is 0 Å². The van der Waals surface area contributed by atoms with Gasteiger partial charge >= 0.3 is 0 Å². The van der Waals surface area contributed by atoms with Crippen LogP contribution in [0.3, 0.4) is 0 Å². The topological polar surface area (TPSA) is 12.0 Å². The molecule has 2 rings (SSSR count). The molecule has 1 heteroatoms. The van der Waals surface area contributed by atoms with E-state index in [0.717, 1.165) is 12.3 Å². The molecule has 0 saturated carbocycles. The van der Waals surface area contributed by atoms with Crippen LogP contribution in [-0.2, 0) is 0 Å². The minimum Gasteiger partial charge on any atom is -0.368 e. The molecule has 0 unspecified atom stereocenters. The van der Waals surface area contributed by atoms with Crippen LogP contribution in [-0.4, -0.2) is 0 Å². The molecule has 0 bridgehead atoms. The lowest BCUT2D eigenvalue weighted by molar-refractivity contribution is 0.556. The van der Waals surface area contributed by atoms with Gasteiger partial charge < -0.3 is 5.32 Å². The van der Waals surface area contributed by atoms with Crippen molar-refractivity contribution >= 4 is 0 Å². The summed E-state index contributed by atoms with van der Waals surface area (Å²) in [5.74, 6) is 0.879. The molecule has 1 heterocycles. The molecule has 0 radical (unpaired) electrons. The third kappa shape index (κ3) is 1.79. The highest BCUT2D eigenvalue weighted by Crippen LogP contribution is 2.26. The molecule has 0 amide bonds. The van der Waals surface area contributed by atoms with Gasteiger partial charge in [-0.1, -0.05) is 23.8 Å². The van der Waals surface area contributed by atoms with Crippen molar-refractivity contribution in [2.24, 2.45) is 5.92 Å². The Balaban J connectivity index is 1.82. The lowest BCUT2D eigenvalue weighted by Gasteiger charge is -2.13. The van der Waals surface area contributed by atoms with Crippen LogP contribution in [0.2, 0.25) is 0 Å². The molecule has 0 aromatic heterocycles. The van der Waals surface area contributed by atoms with E-state index in [2.05, 4.69) is 29.7 Å². The van der Waals surface area contributed by atoms with Crippen LogP contribution < -0.4 is 5.32 Å². The van der Waals surface area contributed by atoms with Crippen molar-refractivity contribution < 1.29 is 0 Å². The second-order valence-corrected chi connectivity index (χ2v) is 3.59. The zero-order chi connectivity index (χ0) is 8.23. The maximum Gasteiger partial charge on any atom is -0.0000472 e. The minimum atomic E-state index is 0.879. The second kappa shape index (κ2) is 3.61. The first-order chi connectivity index (χ1) is 5.95. The molecule has 12 heavy (non-hydrogen) atoms. The number of allylic oxidation sites excluding steroid dienone is 4. The predicted octanol–water partition coefficient (Wildman–Crippen LogP) is 2.73. The Morgan fingerprint density at radius 3 is 2.75 bits per heavy atom. The second-order valence-electron chi connectivity index (χ2n) is 3.59. The highest BCUT2D eigenvalue weighted by molar-refractivity contribution is 5.14. The molecular weight excluding hydrogens is 146 g/mol. The first-order valence-electron chi connectivity index (χ1n) is 4.69. The van der Waals surface area contributed by atoms with Gasteiger partial charge in [-0.15, -0.1) is 0 Å². The van der Waals surface area contributed by atoms with E-state index in [1.807, 2.05) is 6.20 Å². The Kier molecular flexibility index (Phi) is 2.31. The highest BCUT2D eigenvalue weighted by Gasteiger charge is 2.12. The zero-order valence-electron chi connectivity index (χ0n) is 7.29. The van der Waals surface area contributed by atoms with E-state index in [9.17, 15) is 0 Å². The fourth-order valence-electron chi connectivity index (χ4n) is 1.86. The molecule has 64 valence electrons. The monoisotopic (exact) mass is 161 g/mol. The van der Waals surface area contributed by atoms with Crippen molar-refractivity contribution in [3.8, 4) is 0 Å². The van der Waals surface area contributed by atoms with Crippen molar-refractivity contribution in [1.29, 1.82) is 0 Å². The summed E-state index contributed by atoms with van der Waals surface area (Å²) in [6.07, 6.45) is 15.9. The van der Waals surface area contributed by atoms with Gasteiger partial charge in [-0.25, -0.2) is 0 Å². The summed E-state index contributed by atoms with van der Waals surface area (Å²) in [4.78, 5) is 0. The van der Waals surface area contributed by atoms with Crippen molar-refractivity contribution in [3.05, 3.63) is 36.2 Å². The molecule has 0 aromatic rings. The smallest absolute Gasteiger partial charge is 0.0000472 e. The average Bonchev–Trinajstić information content (AvgIpc) is 2.59. The Hall–Kier alpha value is -0.980. The average molecular weight is 161 g/mol. The summed E-state index contributed by atoms with van der Waals surface area (Å²) in [7, 11) is 0. The van der Waals surface area contributed by atoms with Crippen LogP contribution in [0.5, 0.6) is 0 Å². The van der Waals surface area contributed by atoms with E-state index in [0.29, 0.717) is 0 Å². The summed E-state index contributed by atoms with van der Waals surface area (Å²) >= 11 is 0. The molecule has 0 atom stereocenters. The first kappa shape index (κ1) is 7.66. The Morgan fingerprint density at radius 1 is 1.25 bits per heavy atom. The van der Waals surface area contributed by atoms with Crippen LogP contribution >= 0.6 is 0 Å². The van der Waals surface area contributed by atoms with E-state index in [1.54, 1.807) is 5.57 Å². The molecule has 2 aliphatic rings. The Morgan fingerprint density at radius 2 is 2.08 bits per heavy atom. The summed E-state index contributed by atoms with van der Waals surface area (Å²) < 4.78 is 0. The maximum atomic E-state index is 3.15. The molecule has 1 aliphatic carbocycles. The SMILES string of the molecule is C1=CNC=C(CC2CC=CC2)C1. The fourth-order valence-corrected chi connectivity index (χ4v) is 1.86. The summed E-state index contributed by atoms with van der Waals surface area (Å²) in [5, 5.41) is 3.15. The number of rotatable bonds is 2. The van der Waals surface area contributed by atoms with Crippen LogP contribution in [0.15, 0.2) is 36.2 Å². The summed E-state index contributed by atoms with van der Waals surface area (Å²) in [5.41, 5.74) is 1.55. The molecule has 1 nitrogen and oxygen atoms in total. The van der Waals surface area contributed by atoms with Gasteiger partial charge in [0.05, 0.1) is 0 Å². The molecule has 0 saturated heterocycles. The molecule has 0 fully saturated rings. The molecular formula is C11H15N. The van der Waals surface area contributed by atoms with E-state index >= 15 is 0 Å². The number of hydrogen-bond donors (Lipinski definition) is 1. The third-order valence-corrected chi connectivity index (χ3v) is 2.54.